The van der Waals surface area contributed by atoms with Gasteiger partial charge in [-0.05, 0) is 18.6 Å². The Kier molecular flexibility index (Phi) is 6.69. The standard InChI is InChI=1S/C14H21N3O3/c1-3-8-16-13(18)10-6-4-5-7-12(10)17-14(19)11(15)9-20-2/h4-7,11H,3,8-9,15H2,1-2H3,(H,16,18)(H,17,19). The second-order valence-corrected chi connectivity index (χ2v) is 4.35. The number of benzene rings is 1. The molecule has 20 heavy (non-hydrogen) atoms. The molecule has 4 N–H and O–H groups in total. The number of nitrogens with two attached hydrogens (primary N) is 1. The Labute approximate surface area is 118 Å². The predicted molar refractivity (Wildman–Crippen MR) is 77.5 cm³/mol. The molecule has 6 heteroatoms. The highest BCUT2D eigenvalue weighted by Crippen LogP contribution is 2.15. The third kappa shape index (κ3) is 4.64. The molecule has 0 radical (unpaired) electrons. The van der Waals surface area contributed by atoms with E-state index in [2.05, 4.69) is 10.6 Å². The number of hydrogen-bond donors (Lipinski definition) is 3. The zero-order valence-corrected chi connectivity index (χ0v) is 11.8. The van der Waals surface area contributed by atoms with E-state index >= 15 is 0 Å². The molecule has 2 amide bonds. The second kappa shape index (κ2) is 8.29. The number of nitrogens with one attached hydrogen (secondary N) is 2. The lowest BCUT2D eigenvalue weighted by molar-refractivity contribution is -0.118. The van der Waals surface area contributed by atoms with E-state index in [0.717, 1.165) is 6.42 Å². The molecule has 0 aliphatic carbocycles. The number of carbonyl (C=O) groups excluding carboxylic acids is 2. The number of hydrogen-bond acceptors (Lipinski definition) is 4. The summed E-state index contributed by atoms with van der Waals surface area (Å²) in [5, 5.41) is 5.42. The van der Waals surface area contributed by atoms with Gasteiger partial charge in [-0.25, -0.2) is 0 Å². The van der Waals surface area contributed by atoms with Gasteiger partial charge in [-0.15, -0.1) is 0 Å². The maximum atomic E-state index is 12.0. The van der Waals surface area contributed by atoms with Crippen LogP contribution in [0.25, 0.3) is 0 Å². The Morgan fingerprint density at radius 1 is 1.35 bits per heavy atom. The quantitative estimate of drug-likeness (QED) is 0.686. The molecule has 0 saturated heterocycles. The Bertz CT molecular complexity index is 463. The number of para-hydroxylation sites is 1. The third-order valence-electron chi connectivity index (χ3n) is 2.65. The van der Waals surface area contributed by atoms with Crippen LogP contribution in [-0.4, -0.2) is 38.1 Å². The lowest BCUT2D eigenvalue weighted by Crippen LogP contribution is -2.39. The fraction of sp³-hybridized carbons (Fsp3) is 0.429. The highest BCUT2D eigenvalue weighted by molar-refractivity contribution is 6.04. The van der Waals surface area contributed by atoms with Crippen molar-refractivity contribution in [1.29, 1.82) is 0 Å². The number of methoxy groups -OCH3 is 1. The summed E-state index contributed by atoms with van der Waals surface area (Å²) in [5.74, 6) is -0.606. The Hall–Kier alpha value is -1.92. The molecule has 0 spiro atoms. The fourth-order valence-electron chi connectivity index (χ4n) is 1.60. The van der Waals surface area contributed by atoms with Crippen LogP contribution < -0.4 is 16.4 Å². The van der Waals surface area contributed by atoms with Gasteiger partial charge in [0.2, 0.25) is 5.91 Å². The van der Waals surface area contributed by atoms with Gasteiger partial charge in [0.1, 0.15) is 6.04 Å². The van der Waals surface area contributed by atoms with Crippen molar-refractivity contribution in [3.05, 3.63) is 29.8 Å². The second-order valence-electron chi connectivity index (χ2n) is 4.35. The Morgan fingerprint density at radius 2 is 2.05 bits per heavy atom. The minimum absolute atomic E-state index is 0.121. The van der Waals surface area contributed by atoms with E-state index in [-0.39, 0.29) is 18.4 Å². The molecule has 1 unspecified atom stereocenters. The molecular formula is C14H21N3O3. The van der Waals surface area contributed by atoms with Crippen LogP contribution in [0.2, 0.25) is 0 Å². The van der Waals surface area contributed by atoms with Crippen LogP contribution in [0, 0.1) is 0 Å². The summed E-state index contributed by atoms with van der Waals surface area (Å²) >= 11 is 0. The Balaban J connectivity index is 2.80. The van der Waals surface area contributed by atoms with Crippen LogP contribution in [0.1, 0.15) is 23.7 Å². The van der Waals surface area contributed by atoms with Crippen molar-refractivity contribution in [2.75, 3.05) is 25.6 Å². The van der Waals surface area contributed by atoms with Crippen molar-refractivity contribution >= 4 is 17.5 Å². The molecule has 6 nitrogen and oxygen atoms in total. The zero-order chi connectivity index (χ0) is 15.0. The summed E-state index contributed by atoms with van der Waals surface area (Å²) in [6.07, 6.45) is 0.846. The van der Waals surface area contributed by atoms with E-state index in [1.54, 1.807) is 24.3 Å². The first-order valence-corrected chi connectivity index (χ1v) is 6.52. The maximum Gasteiger partial charge on any atom is 0.253 e. The number of anilines is 1. The van der Waals surface area contributed by atoms with Crippen molar-refractivity contribution in [3.63, 3.8) is 0 Å². The van der Waals surface area contributed by atoms with Gasteiger partial charge in [-0.1, -0.05) is 19.1 Å². The van der Waals surface area contributed by atoms with E-state index in [4.69, 9.17) is 10.5 Å². The van der Waals surface area contributed by atoms with Gasteiger partial charge in [-0.3, -0.25) is 9.59 Å². The van der Waals surface area contributed by atoms with Gasteiger partial charge in [0, 0.05) is 13.7 Å². The first-order chi connectivity index (χ1) is 9.60. The van der Waals surface area contributed by atoms with Crippen molar-refractivity contribution in [2.45, 2.75) is 19.4 Å². The molecule has 1 aromatic carbocycles. The molecule has 1 rings (SSSR count). The summed E-state index contributed by atoms with van der Waals surface area (Å²) < 4.78 is 4.83. The maximum absolute atomic E-state index is 12.0. The minimum Gasteiger partial charge on any atom is -0.383 e. The molecule has 1 aromatic rings. The highest BCUT2D eigenvalue weighted by Gasteiger charge is 2.16. The zero-order valence-electron chi connectivity index (χ0n) is 11.8. The molecule has 0 aromatic heterocycles. The molecule has 0 aliphatic heterocycles. The van der Waals surface area contributed by atoms with Gasteiger partial charge in [0.25, 0.3) is 5.91 Å². The van der Waals surface area contributed by atoms with Crippen LogP contribution in [0.15, 0.2) is 24.3 Å². The summed E-state index contributed by atoms with van der Waals surface area (Å²) in [5.41, 5.74) is 6.50. The van der Waals surface area contributed by atoms with Crippen LogP contribution in [0.4, 0.5) is 5.69 Å². The van der Waals surface area contributed by atoms with Crippen LogP contribution in [0.5, 0.6) is 0 Å². The van der Waals surface area contributed by atoms with Gasteiger partial charge in [-0.2, -0.15) is 0 Å². The van der Waals surface area contributed by atoms with Crippen molar-refractivity contribution in [1.82, 2.24) is 5.32 Å². The van der Waals surface area contributed by atoms with Crippen molar-refractivity contribution < 1.29 is 14.3 Å². The van der Waals surface area contributed by atoms with Gasteiger partial charge in [0.05, 0.1) is 17.9 Å². The molecule has 1 atom stereocenters. The highest BCUT2D eigenvalue weighted by atomic mass is 16.5. The van der Waals surface area contributed by atoms with Crippen molar-refractivity contribution in [2.24, 2.45) is 5.73 Å². The van der Waals surface area contributed by atoms with Crippen molar-refractivity contribution in [3.8, 4) is 0 Å². The smallest absolute Gasteiger partial charge is 0.253 e. The third-order valence-corrected chi connectivity index (χ3v) is 2.65. The number of amides is 2. The molecule has 0 saturated carbocycles. The van der Waals surface area contributed by atoms with Crippen LogP contribution in [-0.2, 0) is 9.53 Å². The minimum atomic E-state index is -0.772. The van der Waals surface area contributed by atoms with E-state index in [1.807, 2.05) is 6.92 Å². The van der Waals surface area contributed by atoms with Crippen LogP contribution >= 0.6 is 0 Å². The number of carbonyl (C=O) groups is 2. The molecular weight excluding hydrogens is 258 g/mol. The SMILES string of the molecule is CCCNC(=O)c1ccccc1NC(=O)C(N)COC. The van der Waals surface area contributed by atoms with E-state index in [0.29, 0.717) is 17.8 Å². The van der Waals surface area contributed by atoms with E-state index < -0.39 is 6.04 Å². The average molecular weight is 279 g/mol. The van der Waals surface area contributed by atoms with Gasteiger partial charge in [0.15, 0.2) is 0 Å². The summed E-state index contributed by atoms with van der Waals surface area (Å²) in [6.45, 7) is 2.68. The first-order valence-electron chi connectivity index (χ1n) is 6.52. The lowest BCUT2D eigenvalue weighted by Gasteiger charge is -2.14. The predicted octanol–water partition coefficient (Wildman–Crippen LogP) is 0.739. The number of rotatable bonds is 7. The largest absolute Gasteiger partial charge is 0.383 e. The average Bonchev–Trinajstić information content (AvgIpc) is 2.45. The summed E-state index contributed by atoms with van der Waals surface area (Å²) in [4.78, 5) is 23.8. The van der Waals surface area contributed by atoms with E-state index in [9.17, 15) is 9.59 Å². The topological polar surface area (TPSA) is 93.5 Å². The Morgan fingerprint density at radius 3 is 2.70 bits per heavy atom. The van der Waals surface area contributed by atoms with Gasteiger partial charge >= 0.3 is 0 Å². The van der Waals surface area contributed by atoms with E-state index in [1.165, 1.54) is 7.11 Å². The summed E-state index contributed by atoms with van der Waals surface area (Å²) in [6, 6.07) is 6.03. The first kappa shape index (κ1) is 16.1. The fourth-order valence-corrected chi connectivity index (χ4v) is 1.60. The molecule has 110 valence electrons. The molecule has 0 fully saturated rings. The lowest BCUT2D eigenvalue weighted by atomic mass is 10.1. The van der Waals surface area contributed by atoms with Gasteiger partial charge < -0.3 is 21.1 Å². The molecule has 0 aliphatic rings. The molecule has 0 heterocycles. The summed E-state index contributed by atoms with van der Waals surface area (Å²) in [7, 11) is 1.47. The monoisotopic (exact) mass is 279 g/mol. The normalized spacial score (nSPS) is 11.8. The van der Waals surface area contributed by atoms with Crippen LogP contribution in [0.3, 0.4) is 0 Å². The molecule has 0 bridgehead atoms. The number of ether oxygens (including phenoxy) is 1.